The highest BCUT2D eigenvalue weighted by Gasteiger charge is 2.29. The van der Waals surface area contributed by atoms with Gasteiger partial charge in [0, 0.05) is 51.9 Å². The molecule has 2 heterocycles. The van der Waals surface area contributed by atoms with Crippen LogP contribution in [0.15, 0.2) is 12.3 Å². The molecule has 1 unspecified atom stereocenters. The number of imidazole rings is 1. The van der Waals surface area contributed by atoms with Gasteiger partial charge in [0.2, 0.25) is 0 Å². The molecule has 7 heteroatoms. The zero-order chi connectivity index (χ0) is 18.6. The van der Waals surface area contributed by atoms with Gasteiger partial charge < -0.3 is 9.91 Å². The molecule has 0 spiro atoms. The Labute approximate surface area is 150 Å². The van der Waals surface area contributed by atoms with E-state index < -0.39 is 0 Å². The van der Waals surface area contributed by atoms with Crippen molar-refractivity contribution in [2.24, 2.45) is 0 Å². The van der Waals surface area contributed by atoms with Gasteiger partial charge in [-0.05, 0) is 20.8 Å². The van der Waals surface area contributed by atoms with Crippen molar-refractivity contribution in [2.75, 3.05) is 38.7 Å². The standard InChI is InChI=1S/C18H28N6O/c1-14(2)22-9-10-23(15(3)12-22)17(7-11-25)18-20-16(6-8-19)13-24(18)21(4)5/h7,11,13-15H,6,9-10,12H2,1-5H3/b17-7+. The summed E-state index contributed by atoms with van der Waals surface area (Å²) in [4.78, 5) is 20.6. The minimum absolute atomic E-state index is 0.249. The third kappa shape index (κ3) is 4.20. The zero-order valence-electron chi connectivity index (χ0n) is 15.8. The average molecular weight is 344 g/mol. The summed E-state index contributed by atoms with van der Waals surface area (Å²) in [5.74, 6) is 0.701. The third-order valence-corrected chi connectivity index (χ3v) is 4.58. The van der Waals surface area contributed by atoms with Crippen molar-refractivity contribution in [1.29, 1.82) is 5.26 Å². The van der Waals surface area contributed by atoms with Gasteiger partial charge in [-0.3, -0.25) is 9.69 Å². The Morgan fingerprint density at radius 1 is 1.48 bits per heavy atom. The number of allylic oxidation sites excluding steroid dienone is 1. The highest BCUT2D eigenvalue weighted by molar-refractivity contribution is 5.79. The number of aldehydes is 1. The Balaban J connectivity index is 2.38. The second-order valence-corrected chi connectivity index (χ2v) is 6.90. The van der Waals surface area contributed by atoms with Crippen molar-refractivity contribution >= 4 is 12.0 Å². The Morgan fingerprint density at radius 3 is 2.72 bits per heavy atom. The summed E-state index contributed by atoms with van der Waals surface area (Å²) in [7, 11) is 3.83. The molecule has 1 fully saturated rings. The van der Waals surface area contributed by atoms with Crippen molar-refractivity contribution in [3.05, 3.63) is 23.8 Å². The molecular weight excluding hydrogens is 316 g/mol. The molecule has 1 aromatic rings. The number of nitrogens with zero attached hydrogens (tertiary/aromatic N) is 6. The van der Waals surface area contributed by atoms with Crippen molar-refractivity contribution in [3.8, 4) is 6.07 Å². The fourth-order valence-corrected chi connectivity index (χ4v) is 3.24. The molecule has 1 aromatic heterocycles. The Bertz CT molecular complexity index is 670. The Morgan fingerprint density at radius 2 is 2.20 bits per heavy atom. The summed E-state index contributed by atoms with van der Waals surface area (Å²) in [6.45, 7) is 9.32. The summed E-state index contributed by atoms with van der Waals surface area (Å²) in [6, 6.07) is 2.92. The van der Waals surface area contributed by atoms with E-state index in [4.69, 9.17) is 5.26 Å². The quantitative estimate of drug-likeness (QED) is 0.569. The largest absolute Gasteiger partial charge is 0.363 e. The molecule has 2 rings (SSSR count). The van der Waals surface area contributed by atoms with E-state index in [2.05, 4.69) is 41.6 Å². The van der Waals surface area contributed by atoms with E-state index in [-0.39, 0.29) is 12.5 Å². The van der Waals surface area contributed by atoms with Crippen LogP contribution in [0.1, 0.15) is 32.3 Å². The van der Waals surface area contributed by atoms with Gasteiger partial charge in [-0.15, -0.1) is 0 Å². The van der Waals surface area contributed by atoms with Crippen LogP contribution in [0.2, 0.25) is 0 Å². The lowest BCUT2D eigenvalue weighted by Crippen LogP contribution is -2.53. The minimum Gasteiger partial charge on any atom is -0.363 e. The summed E-state index contributed by atoms with van der Waals surface area (Å²) in [6.07, 6.45) is 4.50. The molecule has 1 saturated heterocycles. The molecule has 1 atom stereocenters. The number of hydrogen-bond donors (Lipinski definition) is 0. The molecule has 1 aliphatic heterocycles. The Kier molecular flexibility index (Phi) is 6.21. The van der Waals surface area contributed by atoms with Gasteiger partial charge in [0.05, 0.1) is 30.1 Å². The van der Waals surface area contributed by atoms with Gasteiger partial charge >= 0.3 is 0 Å². The molecule has 0 saturated carbocycles. The molecule has 0 aliphatic carbocycles. The highest BCUT2D eigenvalue weighted by atomic mass is 16.1. The van der Waals surface area contributed by atoms with Crippen molar-refractivity contribution in [1.82, 2.24) is 19.5 Å². The predicted molar refractivity (Wildman–Crippen MR) is 98.5 cm³/mol. The minimum atomic E-state index is 0.249. The van der Waals surface area contributed by atoms with Gasteiger partial charge in [-0.1, -0.05) is 0 Å². The van der Waals surface area contributed by atoms with Crippen LogP contribution in [-0.2, 0) is 11.2 Å². The first-order chi connectivity index (χ1) is 11.9. The lowest BCUT2D eigenvalue weighted by molar-refractivity contribution is -0.104. The number of aromatic nitrogens is 2. The normalized spacial score (nSPS) is 19.2. The fourth-order valence-electron chi connectivity index (χ4n) is 3.24. The van der Waals surface area contributed by atoms with Gasteiger partial charge in [0.25, 0.3) is 0 Å². The van der Waals surface area contributed by atoms with E-state index in [0.717, 1.165) is 31.6 Å². The van der Waals surface area contributed by atoms with Crippen LogP contribution in [0, 0.1) is 11.3 Å². The fraction of sp³-hybridized carbons (Fsp3) is 0.611. The second-order valence-electron chi connectivity index (χ2n) is 6.90. The van der Waals surface area contributed by atoms with E-state index in [0.29, 0.717) is 17.6 Å². The van der Waals surface area contributed by atoms with Gasteiger partial charge in [0.15, 0.2) is 5.82 Å². The molecular formula is C18H28N6O. The molecule has 0 amide bonds. The highest BCUT2D eigenvalue weighted by Crippen LogP contribution is 2.25. The first kappa shape index (κ1) is 19.0. The number of carbonyl (C=O) groups is 1. The van der Waals surface area contributed by atoms with Crippen LogP contribution < -0.4 is 5.01 Å². The summed E-state index contributed by atoms with van der Waals surface area (Å²) >= 11 is 0. The van der Waals surface area contributed by atoms with Crippen LogP contribution in [0.3, 0.4) is 0 Å². The maximum atomic E-state index is 11.3. The SMILES string of the molecule is CC(C)N1CCN(/C(=C/C=O)c2nc(CC#N)cn2N(C)C)C(C)C1. The summed E-state index contributed by atoms with van der Waals surface area (Å²) < 4.78 is 1.89. The molecule has 7 nitrogen and oxygen atoms in total. The number of hydrogen-bond acceptors (Lipinski definition) is 6. The lowest BCUT2D eigenvalue weighted by Gasteiger charge is -2.43. The smallest absolute Gasteiger partial charge is 0.175 e. The van der Waals surface area contributed by atoms with Crippen molar-refractivity contribution < 1.29 is 4.79 Å². The summed E-state index contributed by atoms with van der Waals surface area (Å²) in [5, 5.41) is 10.9. The van der Waals surface area contributed by atoms with Gasteiger partial charge in [-0.25, -0.2) is 9.66 Å². The number of carbonyl (C=O) groups excluding carboxylic acids is 1. The molecule has 0 aromatic carbocycles. The molecule has 0 N–H and O–H groups in total. The topological polar surface area (TPSA) is 68.4 Å². The molecule has 0 radical (unpaired) electrons. The van der Waals surface area contributed by atoms with E-state index >= 15 is 0 Å². The monoisotopic (exact) mass is 344 g/mol. The first-order valence-corrected chi connectivity index (χ1v) is 8.68. The van der Waals surface area contributed by atoms with Crippen LogP contribution >= 0.6 is 0 Å². The number of nitriles is 1. The maximum Gasteiger partial charge on any atom is 0.175 e. The van der Waals surface area contributed by atoms with E-state index in [9.17, 15) is 4.79 Å². The van der Waals surface area contributed by atoms with Crippen molar-refractivity contribution in [3.63, 3.8) is 0 Å². The average Bonchev–Trinajstić information content (AvgIpc) is 2.97. The first-order valence-electron chi connectivity index (χ1n) is 8.68. The number of piperazine rings is 1. The number of rotatable bonds is 6. The maximum absolute atomic E-state index is 11.3. The lowest BCUT2D eigenvalue weighted by atomic mass is 10.1. The van der Waals surface area contributed by atoms with Crippen LogP contribution in [0.4, 0.5) is 0 Å². The molecule has 0 bridgehead atoms. The Hall–Kier alpha value is -2.33. The third-order valence-electron chi connectivity index (χ3n) is 4.58. The second kappa shape index (κ2) is 8.17. The van der Waals surface area contributed by atoms with E-state index in [1.165, 1.54) is 0 Å². The van der Waals surface area contributed by atoms with Crippen molar-refractivity contribution in [2.45, 2.75) is 39.3 Å². The zero-order valence-corrected chi connectivity index (χ0v) is 15.8. The predicted octanol–water partition coefficient (Wildman–Crippen LogP) is 1.10. The van der Waals surface area contributed by atoms with Gasteiger partial charge in [-0.2, -0.15) is 5.26 Å². The van der Waals surface area contributed by atoms with Gasteiger partial charge in [0.1, 0.15) is 6.29 Å². The molecule has 25 heavy (non-hydrogen) atoms. The van der Waals surface area contributed by atoms with E-state index in [1.807, 2.05) is 30.0 Å². The van der Waals surface area contributed by atoms with E-state index in [1.54, 1.807) is 6.08 Å². The van der Waals surface area contributed by atoms with Crippen LogP contribution in [0.25, 0.3) is 5.70 Å². The molecule has 136 valence electrons. The van der Waals surface area contributed by atoms with Crippen LogP contribution in [0.5, 0.6) is 0 Å². The summed E-state index contributed by atoms with van der Waals surface area (Å²) in [5.41, 5.74) is 1.51. The molecule has 1 aliphatic rings. The van der Waals surface area contributed by atoms with Crippen LogP contribution in [-0.4, -0.2) is 71.6 Å².